The molecular weight excluding hydrogens is 327 g/mol. The number of hydrogen-bond acceptors (Lipinski definition) is 3. The molecule has 2 rings (SSSR count). The van der Waals surface area contributed by atoms with Gasteiger partial charge in [-0.05, 0) is 29.8 Å². The van der Waals surface area contributed by atoms with E-state index in [0.717, 1.165) is 4.90 Å². The van der Waals surface area contributed by atoms with E-state index in [-0.39, 0.29) is 24.0 Å². The summed E-state index contributed by atoms with van der Waals surface area (Å²) in [6.45, 7) is 0.250. The van der Waals surface area contributed by atoms with Gasteiger partial charge in [0.1, 0.15) is 5.75 Å². The van der Waals surface area contributed by atoms with Crippen LogP contribution in [-0.2, 0) is 11.3 Å². The number of halogens is 3. The smallest absolute Gasteiger partial charge is 0.406 e. The summed E-state index contributed by atoms with van der Waals surface area (Å²) in [5, 5.41) is 2.71. The third-order valence-corrected chi connectivity index (χ3v) is 3.77. The number of alkyl halides is 3. The van der Waals surface area contributed by atoms with E-state index in [1.54, 1.807) is 0 Å². The van der Waals surface area contributed by atoms with Gasteiger partial charge in [0, 0.05) is 11.4 Å². The first-order valence-corrected chi connectivity index (χ1v) is 7.70. The van der Waals surface area contributed by atoms with E-state index in [1.807, 2.05) is 30.3 Å². The molecule has 0 bridgehead atoms. The Labute approximate surface area is 135 Å². The van der Waals surface area contributed by atoms with Crippen LogP contribution in [0.15, 0.2) is 59.5 Å². The van der Waals surface area contributed by atoms with Gasteiger partial charge >= 0.3 is 6.36 Å². The maximum absolute atomic E-state index is 12.0. The molecule has 122 valence electrons. The van der Waals surface area contributed by atoms with Gasteiger partial charge in [0.05, 0.1) is 5.75 Å². The second kappa shape index (κ2) is 7.92. The summed E-state index contributed by atoms with van der Waals surface area (Å²) in [5.41, 5.74) is 0.692. The van der Waals surface area contributed by atoms with E-state index in [1.165, 1.54) is 36.0 Å². The Balaban J connectivity index is 1.76. The lowest BCUT2D eigenvalue weighted by Gasteiger charge is -2.09. The maximum atomic E-state index is 12.0. The Hall–Kier alpha value is -2.15. The standard InChI is InChI=1S/C16H14F3NO2S/c17-16(18,19)22-13-8-6-12(7-9-13)10-20-15(21)11-23-14-4-2-1-3-5-14/h1-9H,10-11H2,(H,20,21). The molecule has 0 heterocycles. The predicted molar refractivity (Wildman–Crippen MR) is 82.1 cm³/mol. The molecular formula is C16H14F3NO2S. The Bertz CT molecular complexity index is 630. The lowest BCUT2D eigenvalue weighted by Crippen LogP contribution is -2.24. The third-order valence-electron chi connectivity index (χ3n) is 2.76. The second-order valence-electron chi connectivity index (χ2n) is 4.57. The Morgan fingerprint density at radius 1 is 1.04 bits per heavy atom. The van der Waals surface area contributed by atoms with Crippen LogP contribution in [0.5, 0.6) is 5.75 Å². The molecule has 23 heavy (non-hydrogen) atoms. The Morgan fingerprint density at radius 2 is 1.70 bits per heavy atom. The molecule has 0 aromatic heterocycles. The number of thioether (sulfide) groups is 1. The van der Waals surface area contributed by atoms with Crippen LogP contribution >= 0.6 is 11.8 Å². The monoisotopic (exact) mass is 341 g/mol. The first-order chi connectivity index (χ1) is 10.9. The number of nitrogens with one attached hydrogen (secondary N) is 1. The maximum Gasteiger partial charge on any atom is 0.573 e. The number of ether oxygens (including phenoxy) is 1. The van der Waals surface area contributed by atoms with Crippen LogP contribution in [0.3, 0.4) is 0 Å². The first kappa shape index (κ1) is 17.2. The van der Waals surface area contributed by atoms with Crippen molar-refractivity contribution in [1.29, 1.82) is 0 Å². The van der Waals surface area contributed by atoms with Crippen molar-refractivity contribution in [1.82, 2.24) is 5.32 Å². The molecule has 1 N–H and O–H groups in total. The van der Waals surface area contributed by atoms with Gasteiger partial charge in [0.2, 0.25) is 5.91 Å². The minimum absolute atomic E-state index is 0.144. The summed E-state index contributed by atoms with van der Waals surface area (Å²) >= 11 is 1.42. The molecule has 0 aliphatic carbocycles. The van der Waals surface area contributed by atoms with Gasteiger partial charge in [-0.15, -0.1) is 24.9 Å². The second-order valence-corrected chi connectivity index (χ2v) is 5.62. The third kappa shape index (κ3) is 6.65. The van der Waals surface area contributed by atoms with Crippen molar-refractivity contribution >= 4 is 17.7 Å². The molecule has 0 aliphatic rings. The van der Waals surface area contributed by atoms with Gasteiger partial charge in [-0.3, -0.25) is 4.79 Å². The highest BCUT2D eigenvalue weighted by Gasteiger charge is 2.30. The number of carbonyl (C=O) groups is 1. The van der Waals surface area contributed by atoms with Gasteiger partial charge in [0.25, 0.3) is 0 Å². The van der Waals surface area contributed by atoms with Crippen LogP contribution in [-0.4, -0.2) is 18.0 Å². The molecule has 0 fully saturated rings. The zero-order valence-corrected chi connectivity index (χ0v) is 12.8. The fourth-order valence-electron chi connectivity index (χ4n) is 1.73. The summed E-state index contributed by atoms with van der Waals surface area (Å²) < 4.78 is 39.9. The molecule has 0 saturated carbocycles. The molecule has 0 unspecified atom stereocenters. The number of benzene rings is 2. The molecule has 0 radical (unpaired) electrons. The highest BCUT2D eigenvalue weighted by atomic mass is 32.2. The van der Waals surface area contributed by atoms with Crippen LogP contribution in [0.4, 0.5) is 13.2 Å². The van der Waals surface area contributed by atoms with E-state index in [0.29, 0.717) is 5.56 Å². The molecule has 1 amide bonds. The summed E-state index contributed by atoms with van der Waals surface area (Å²) in [6, 6.07) is 14.9. The molecule has 0 saturated heterocycles. The van der Waals surface area contributed by atoms with Crippen molar-refractivity contribution in [2.45, 2.75) is 17.8 Å². The molecule has 3 nitrogen and oxygen atoms in total. The normalized spacial score (nSPS) is 11.1. The molecule has 0 atom stereocenters. The van der Waals surface area contributed by atoms with Gasteiger partial charge < -0.3 is 10.1 Å². The van der Waals surface area contributed by atoms with Crippen molar-refractivity contribution < 1.29 is 22.7 Å². The number of hydrogen-bond donors (Lipinski definition) is 1. The summed E-state index contributed by atoms with van der Waals surface area (Å²) in [4.78, 5) is 12.7. The van der Waals surface area contributed by atoms with Gasteiger partial charge in [-0.25, -0.2) is 0 Å². The van der Waals surface area contributed by atoms with Crippen molar-refractivity contribution in [3.8, 4) is 5.75 Å². The SMILES string of the molecule is O=C(CSc1ccccc1)NCc1ccc(OC(F)(F)F)cc1. The van der Waals surface area contributed by atoms with Crippen LogP contribution in [0.25, 0.3) is 0 Å². The topological polar surface area (TPSA) is 38.3 Å². The van der Waals surface area contributed by atoms with E-state index >= 15 is 0 Å². The fourth-order valence-corrected chi connectivity index (χ4v) is 2.48. The summed E-state index contributed by atoms with van der Waals surface area (Å²) in [7, 11) is 0. The van der Waals surface area contributed by atoms with Gasteiger partial charge in [0.15, 0.2) is 0 Å². The largest absolute Gasteiger partial charge is 0.573 e. The van der Waals surface area contributed by atoms with E-state index in [2.05, 4.69) is 10.1 Å². The highest BCUT2D eigenvalue weighted by molar-refractivity contribution is 8.00. The highest BCUT2D eigenvalue weighted by Crippen LogP contribution is 2.22. The minimum atomic E-state index is -4.70. The molecule has 0 aliphatic heterocycles. The molecule has 2 aromatic carbocycles. The lowest BCUT2D eigenvalue weighted by molar-refractivity contribution is -0.274. The van der Waals surface area contributed by atoms with Crippen LogP contribution < -0.4 is 10.1 Å². The van der Waals surface area contributed by atoms with Gasteiger partial charge in [-0.1, -0.05) is 30.3 Å². The minimum Gasteiger partial charge on any atom is -0.406 e. The average molecular weight is 341 g/mol. The number of rotatable bonds is 6. The number of carbonyl (C=O) groups excluding carboxylic acids is 1. The van der Waals surface area contributed by atoms with Gasteiger partial charge in [-0.2, -0.15) is 0 Å². The van der Waals surface area contributed by atoms with Crippen molar-refractivity contribution in [3.63, 3.8) is 0 Å². The van der Waals surface area contributed by atoms with E-state index in [4.69, 9.17) is 0 Å². The Morgan fingerprint density at radius 3 is 2.30 bits per heavy atom. The predicted octanol–water partition coefficient (Wildman–Crippen LogP) is 3.99. The van der Waals surface area contributed by atoms with Crippen LogP contribution in [0.2, 0.25) is 0 Å². The quantitative estimate of drug-likeness (QED) is 0.808. The lowest BCUT2D eigenvalue weighted by atomic mass is 10.2. The Kier molecular flexibility index (Phi) is 5.92. The van der Waals surface area contributed by atoms with Crippen LogP contribution in [0, 0.1) is 0 Å². The zero-order valence-electron chi connectivity index (χ0n) is 12.0. The zero-order chi connectivity index (χ0) is 16.7. The average Bonchev–Trinajstić information content (AvgIpc) is 2.52. The molecule has 7 heteroatoms. The molecule has 0 spiro atoms. The van der Waals surface area contributed by atoms with Crippen molar-refractivity contribution in [3.05, 3.63) is 60.2 Å². The summed E-state index contributed by atoms with van der Waals surface area (Å²) in [5.74, 6) is -0.152. The summed E-state index contributed by atoms with van der Waals surface area (Å²) in [6.07, 6.45) is -4.70. The van der Waals surface area contributed by atoms with Crippen molar-refractivity contribution in [2.24, 2.45) is 0 Å². The fraction of sp³-hybridized carbons (Fsp3) is 0.188. The van der Waals surface area contributed by atoms with Crippen LogP contribution in [0.1, 0.15) is 5.56 Å². The molecule has 2 aromatic rings. The van der Waals surface area contributed by atoms with Crippen molar-refractivity contribution in [2.75, 3.05) is 5.75 Å². The van der Waals surface area contributed by atoms with E-state index < -0.39 is 6.36 Å². The van der Waals surface area contributed by atoms with E-state index in [9.17, 15) is 18.0 Å². The first-order valence-electron chi connectivity index (χ1n) is 6.71. The number of amides is 1.